The van der Waals surface area contributed by atoms with E-state index in [-0.39, 0.29) is 57.3 Å². The van der Waals surface area contributed by atoms with Crippen LogP contribution in [0.4, 0.5) is 5.82 Å². The van der Waals surface area contributed by atoms with Crippen molar-refractivity contribution in [3.63, 3.8) is 0 Å². The number of nitrogens with one attached hydrogen (secondary N) is 1. The number of hydrogen-bond donors (Lipinski definition) is 1. The molecule has 0 bridgehead atoms. The van der Waals surface area contributed by atoms with E-state index in [2.05, 4.69) is 51.6 Å². The normalized spacial score (nSPS) is 12.7. The minimum absolute atomic E-state index is 0. The standard InChI is InChI=1S/C17H18BrN5.C4H7.K/c1-3-13(4-2)15-8-16(20-10-12-6-5-7-19-9-12)23-17(22-15)14(18)11-21-23;1-2-4-3-1;/h5-9,11,13,20H,1-4,10H2;1H,2-4H2;/q-2;-1;+1. The van der Waals surface area contributed by atoms with Crippen molar-refractivity contribution in [2.24, 2.45) is 0 Å². The second kappa shape index (κ2) is 12.4. The van der Waals surface area contributed by atoms with Crippen molar-refractivity contribution in [2.45, 2.75) is 44.6 Å². The van der Waals surface area contributed by atoms with Crippen LogP contribution in [-0.2, 0) is 6.54 Å². The minimum Gasteiger partial charge on any atom is -0.366 e. The third kappa shape index (κ3) is 6.34. The van der Waals surface area contributed by atoms with Crippen molar-refractivity contribution >= 4 is 27.4 Å². The first kappa shape index (κ1) is 24.0. The summed E-state index contributed by atoms with van der Waals surface area (Å²) in [5, 5.41) is 7.80. The molecule has 144 valence electrons. The Morgan fingerprint density at radius 3 is 2.54 bits per heavy atom. The Labute approximate surface area is 218 Å². The topological polar surface area (TPSA) is 55.1 Å². The van der Waals surface area contributed by atoms with Crippen LogP contribution < -0.4 is 56.7 Å². The number of anilines is 1. The molecule has 0 unspecified atom stereocenters. The average Bonchev–Trinajstić information content (AvgIpc) is 3.02. The van der Waals surface area contributed by atoms with Gasteiger partial charge in [0.1, 0.15) is 5.82 Å². The Bertz CT molecular complexity index is 841. The number of pyridine rings is 1. The molecule has 0 amide bonds. The van der Waals surface area contributed by atoms with E-state index in [0.717, 1.165) is 40.0 Å². The molecule has 0 spiro atoms. The zero-order valence-corrected chi connectivity index (χ0v) is 21.2. The molecule has 0 atom stereocenters. The van der Waals surface area contributed by atoms with Gasteiger partial charge < -0.3 is 25.6 Å². The summed E-state index contributed by atoms with van der Waals surface area (Å²) in [4.78, 5) is 8.85. The number of nitrogens with zero attached hydrogens (tertiary/aromatic N) is 4. The minimum atomic E-state index is 0. The van der Waals surface area contributed by atoms with E-state index in [1.165, 1.54) is 19.3 Å². The van der Waals surface area contributed by atoms with Gasteiger partial charge in [-0.15, -0.1) is 6.42 Å². The van der Waals surface area contributed by atoms with Crippen molar-refractivity contribution in [2.75, 3.05) is 5.32 Å². The van der Waals surface area contributed by atoms with Gasteiger partial charge >= 0.3 is 51.4 Å². The molecule has 0 aliphatic heterocycles. The van der Waals surface area contributed by atoms with Gasteiger partial charge in [0, 0.05) is 30.7 Å². The maximum Gasteiger partial charge on any atom is 1.00 e. The summed E-state index contributed by atoms with van der Waals surface area (Å²) in [6.07, 6.45) is 13.4. The first-order chi connectivity index (χ1) is 13.2. The van der Waals surface area contributed by atoms with Crippen molar-refractivity contribution in [3.8, 4) is 0 Å². The van der Waals surface area contributed by atoms with E-state index in [4.69, 9.17) is 4.98 Å². The van der Waals surface area contributed by atoms with Crippen LogP contribution in [0.2, 0.25) is 0 Å². The molecule has 3 heterocycles. The molecule has 1 aliphatic carbocycles. The first-order valence-electron chi connectivity index (χ1n) is 9.30. The Morgan fingerprint density at radius 2 is 1.96 bits per heavy atom. The molecule has 1 N–H and O–H groups in total. The summed E-state index contributed by atoms with van der Waals surface area (Å²) in [5.41, 5.74) is 2.89. The molecule has 1 fully saturated rings. The van der Waals surface area contributed by atoms with Gasteiger partial charge in [-0.2, -0.15) is 35.3 Å². The van der Waals surface area contributed by atoms with Crippen LogP contribution in [0.25, 0.3) is 5.65 Å². The average molecular weight is 466 g/mol. The third-order valence-electron chi connectivity index (χ3n) is 4.58. The zero-order chi connectivity index (χ0) is 19.1. The van der Waals surface area contributed by atoms with E-state index in [9.17, 15) is 0 Å². The van der Waals surface area contributed by atoms with Crippen LogP contribution in [0.1, 0.15) is 49.3 Å². The molecule has 0 radical (unpaired) electrons. The van der Waals surface area contributed by atoms with E-state index in [1.54, 1.807) is 16.9 Å². The van der Waals surface area contributed by atoms with Crippen LogP contribution in [0, 0.1) is 20.3 Å². The van der Waals surface area contributed by atoms with Crippen molar-refractivity contribution < 1.29 is 51.4 Å². The van der Waals surface area contributed by atoms with Crippen LogP contribution in [0.5, 0.6) is 0 Å². The maximum absolute atomic E-state index is 4.71. The van der Waals surface area contributed by atoms with E-state index >= 15 is 0 Å². The molecule has 5 nitrogen and oxygen atoms in total. The molecule has 1 aliphatic rings. The summed E-state index contributed by atoms with van der Waals surface area (Å²) in [7, 11) is 0. The summed E-state index contributed by atoms with van der Waals surface area (Å²) in [6.45, 7) is 8.68. The fraction of sp³-hybridized carbons (Fsp3) is 0.333. The first-order valence-corrected chi connectivity index (χ1v) is 10.1. The number of aromatic nitrogens is 4. The van der Waals surface area contributed by atoms with Gasteiger partial charge in [0.05, 0.1) is 10.7 Å². The summed E-state index contributed by atoms with van der Waals surface area (Å²) >= 11 is 3.51. The largest absolute Gasteiger partial charge is 1.00 e. The van der Waals surface area contributed by atoms with Crippen LogP contribution >= 0.6 is 15.9 Å². The fourth-order valence-corrected chi connectivity index (χ4v) is 2.98. The van der Waals surface area contributed by atoms with E-state index in [0.29, 0.717) is 6.54 Å². The summed E-state index contributed by atoms with van der Waals surface area (Å²) in [6, 6.07) is 5.99. The van der Waals surface area contributed by atoms with Crippen molar-refractivity contribution in [1.82, 2.24) is 19.6 Å². The fourth-order valence-electron chi connectivity index (χ4n) is 2.63. The Balaban J connectivity index is 0.000000499. The zero-order valence-electron chi connectivity index (χ0n) is 16.4. The molecule has 3 aromatic rings. The molecule has 0 saturated heterocycles. The Morgan fingerprint density at radius 1 is 1.25 bits per heavy atom. The number of halogens is 1. The molecule has 4 rings (SSSR count). The molecule has 0 aromatic carbocycles. The van der Waals surface area contributed by atoms with Crippen LogP contribution in [0.15, 0.2) is 41.3 Å². The number of fused-ring (bicyclic) bond motifs is 1. The van der Waals surface area contributed by atoms with Gasteiger partial charge in [0.25, 0.3) is 0 Å². The van der Waals surface area contributed by atoms with Crippen molar-refractivity contribution in [1.29, 1.82) is 0 Å². The van der Waals surface area contributed by atoms with Gasteiger partial charge in [-0.3, -0.25) is 4.98 Å². The van der Waals surface area contributed by atoms with Crippen molar-refractivity contribution in [3.05, 3.63) is 72.8 Å². The quantitative estimate of drug-likeness (QED) is 0.448. The second-order valence-corrected chi connectivity index (χ2v) is 7.36. The van der Waals surface area contributed by atoms with Crippen LogP contribution in [0.3, 0.4) is 0 Å². The molecule has 7 heteroatoms. The Hall–Kier alpha value is -0.314. The molecule has 1 saturated carbocycles. The summed E-state index contributed by atoms with van der Waals surface area (Å²) < 4.78 is 2.67. The number of hydrogen-bond acceptors (Lipinski definition) is 4. The molecule has 3 aromatic heterocycles. The molecular weight excluding hydrogens is 441 g/mol. The third-order valence-corrected chi connectivity index (χ3v) is 5.14. The summed E-state index contributed by atoms with van der Waals surface area (Å²) in [5.74, 6) is 1.13. The van der Waals surface area contributed by atoms with Gasteiger partial charge in [0.2, 0.25) is 0 Å². The van der Waals surface area contributed by atoms with Gasteiger partial charge in [-0.05, 0) is 27.6 Å². The maximum atomic E-state index is 4.71. The predicted octanol–water partition coefficient (Wildman–Crippen LogP) is 2.41. The molecular formula is C21H25BrKN5-2. The van der Waals surface area contributed by atoms with Gasteiger partial charge in [-0.1, -0.05) is 12.0 Å². The molecule has 28 heavy (non-hydrogen) atoms. The van der Waals surface area contributed by atoms with Crippen LogP contribution in [-0.4, -0.2) is 19.6 Å². The van der Waals surface area contributed by atoms with E-state index in [1.807, 2.05) is 24.4 Å². The predicted molar refractivity (Wildman–Crippen MR) is 113 cm³/mol. The smallest absolute Gasteiger partial charge is 0.366 e. The van der Waals surface area contributed by atoms with Gasteiger partial charge in [0.15, 0.2) is 5.65 Å². The SMILES string of the molecule is [CH-]1CCC1.[CH2-]CC(C[CH2-])c1cc(NCc2cccnc2)n2ncc(Br)c2n1.[K+]. The number of rotatable bonds is 6. The van der Waals surface area contributed by atoms with E-state index < -0.39 is 0 Å². The van der Waals surface area contributed by atoms with Gasteiger partial charge in [-0.25, -0.2) is 4.98 Å². The Kier molecular flexibility index (Phi) is 10.6. The second-order valence-electron chi connectivity index (χ2n) is 6.50. The monoisotopic (exact) mass is 465 g/mol.